The summed E-state index contributed by atoms with van der Waals surface area (Å²) in [5.41, 5.74) is 0.990. The van der Waals surface area contributed by atoms with Gasteiger partial charge in [-0.05, 0) is 6.07 Å². The number of hydrogen-bond donors (Lipinski definition) is 0. The number of benzene rings is 2. The van der Waals surface area contributed by atoms with Crippen LogP contribution >= 0.6 is 34.3 Å². The second-order valence-electron chi connectivity index (χ2n) is 5.23. The molecular weight excluding hydrogens is 360 g/mol. The predicted octanol–water partition coefficient (Wildman–Crippen LogP) is 5.39. The van der Waals surface area contributed by atoms with E-state index in [1.807, 2.05) is 48.5 Å². The van der Waals surface area contributed by atoms with Gasteiger partial charge in [0, 0.05) is 15.6 Å². The van der Waals surface area contributed by atoms with Crippen molar-refractivity contribution < 1.29 is 0 Å². The summed E-state index contributed by atoms with van der Waals surface area (Å²) in [6.07, 6.45) is 0. The highest BCUT2D eigenvalue weighted by molar-refractivity contribution is 7.28. The molecule has 5 rings (SSSR count). The largest absolute Gasteiger partial charge is 0.235 e. The van der Waals surface area contributed by atoms with Crippen molar-refractivity contribution in [2.75, 3.05) is 0 Å². The molecule has 0 N–H and O–H groups in total. The monoisotopic (exact) mass is 368 g/mol. The minimum Gasteiger partial charge on any atom is -0.182 e. The van der Waals surface area contributed by atoms with E-state index < -0.39 is 0 Å². The van der Waals surface area contributed by atoms with Gasteiger partial charge in [0.1, 0.15) is 0 Å². The molecule has 24 heavy (non-hydrogen) atoms. The van der Waals surface area contributed by atoms with Gasteiger partial charge in [-0.1, -0.05) is 71.5 Å². The van der Waals surface area contributed by atoms with E-state index in [0.29, 0.717) is 0 Å². The summed E-state index contributed by atoms with van der Waals surface area (Å²) in [6, 6.07) is 18.1. The van der Waals surface area contributed by atoms with Gasteiger partial charge in [-0.2, -0.15) is 9.61 Å². The van der Waals surface area contributed by atoms with E-state index in [1.165, 1.54) is 11.3 Å². The van der Waals surface area contributed by atoms with Crippen LogP contribution < -0.4 is 0 Å². The first-order valence-electron chi connectivity index (χ1n) is 7.26. The average molecular weight is 369 g/mol. The molecular formula is C17H9ClN4S2. The Morgan fingerprint density at radius 1 is 0.875 bits per heavy atom. The van der Waals surface area contributed by atoms with Gasteiger partial charge in [-0.15, -0.1) is 21.5 Å². The van der Waals surface area contributed by atoms with Crippen LogP contribution in [-0.4, -0.2) is 19.8 Å². The Hall–Kier alpha value is -2.28. The normalized spacial score (nSPS) is 11.5. The zero-order chi connectivity index (χ0) is 16.1. The number of rotatable bonds is 2. The number of hydrogen-bond acceptors (Lipinski definition) is 5. The summed E-state index contributed by atoms with van der Waals surface area (Å²) in [4.78, 5) is 1.74. The molecule has 0 unspecified atom stereocenters. The van der Waals surface area contributed by atoms with Gasteiger partial charge >= 0.3 is 0 Å². The Morgan fingerprint density at radius 2 is 1.67 bits per heavy atom. The Labute approximate surface area is 150 Å². The Bertz CT molecular complexity index is 1170. The summed E-state index contributed by atoms with van der Waals surface area (Å²) in [6.45, 7) is 0. The van der Waals surface area contributed by atoms with Gasteiger partial charge < -0.3 is 0 Å². The molecule has 5 aromatic rings. The molecule has 0 atom stereocenters. The average Bonchev–Trinajstić information content (AvgIpc) is 3.28. The third kappa shape index (κ3) is 2.07. The molecule has 7 heteroatoms. The summed E-state index contributed by atoms with van der Waals surface area (Å²) in [5, 5.41) is 15.9. The molecule has 0 aliphatic carbocycles. The molecule has 0 aliphatic heterocycles. The number of fused-ring (bicyclic) bond motifs is 2. The van der Waals surface area contributed by atoms with Crippen LogP contribution in [0.25, 0.3) is 36.3 Å². The summed E-state index contributed by atoms with van der Waals surface area (Å²) < 4.78 is 2.95. The highest BCUT2D eigenvalue weighted by atomic mass is 35.5. The van der Waals surface area contributed by atoms with Crippen molar-refractivity contribution in [3.63, 3.8) is 0 Å². The van der Waals surface area contributed by atoms with Crippen LogP contribution in [-0.2, 0) is 0 Å². The maximum atomic E-state index is 6.57. The van der Waals surface area contributed by atoms with Crippen molar-refractivity contribution >= 4 is 49.3 Å². The van der Waals surface area contributed by atoms with Crippen molar-refractivity contribution in [2.24, 2.45) is 0 Å². The third-order valence-electron chi connectivity index (χ3n) is 3.75. The first-order valence-corrected chi connectivity index (χ1v) is 9.27. The van der Waals surface area contributed by atoms with Crippen LogP contribution in [0.5, 0.6) is 0 Å². The van der Waals surface area contributed by atoms with Crippen molar-refractivity contribution in [1.29, 1.82) is 0 Å². The van der Waals surface area contributed by atoms with Crippen LogP contribution in [0.3, 0.4) is 0 Å². The van der Waals surface area contributed by atoms with Crippen molar-refractivity contribution in [3.05, 3.63) is 59.6 Å². The molecule has 0 saturated heterocycles. The molecule has 3 aromatic heterocycles. The fourth-order valence-corrected chi connectivity index (χ4v) is 5.12. The van der Waals surface area contributed by atoms with Gasteiger partial charge in [0.15, 0.2) is 10.8 Å². The van der Waals surface area contributed by atoms with Gasteiger partial charge in [-0.3, -0.25) is 0 Å². The van der Waals surface area contributed by atoms with E-state index in [-0.39, 0.29) is 0 Å². The number of thiophene rings is 1. The van der Waals surface area contributed by atoms with Crippen LogP contribution in [0.2, 0.25) is 5.02 Å². The molecule has 0 spiro atoms. The molecule has 116 valence electrons. The summed E-state index contributed by atoms with van der Waals surface area (Å²) >= 11 is 9.73. The fourth-order valence-electron chi connectivity index (χ4n) is 2.63. The van der Waals surface area contributed by atoms with Gasteiger partial charge in [0.25, 0.3) is 0 Å². The Balaban J connectivity index is 1.71. The standard InChI is InChI=1S/C17H9ClN4S2/c18-13-11-8-4-5-9-12(11)23-14(13)16-21-22-15(19-20-17(22)24-16)10-6-2-1-3-7-10/h1-9H. The lowest BCUT2D eigenvalue weighted by Gasteiger charge is -1.95. The van der Waals surface area contributed by atoms with E-state index in [4.69, 9.17) is 16.7 Å². The fraction of sp³-hybridized carbons (Fsp3) is 0. The number of nitrogens with zero attached hydrogens (tertiary/aromatic N) is 4. The van der Waals surface area contributed by atoms with Gasteiger partial charge in [0.05, 0.1) is 9.90 Å². The topological polar surface area (TPSA) is 43.1 Å². The lowest BCUT2D eigenvalue weighted by molar-refractivity contribution is 0.972. The lowest BCUT2D eigenvalue weighted by atomic mass is 10.2. The summed E-state index contributed by atoms with van der Waals surface area (Å²) in [7, 11) is 0. The SMILES string of the molecule is Clc1c(-c2nn3c(-c4ccccc4)nnc3s2)sc2ccccc12. The molecule has 4 nitrogen and oxygen atoms in total. The van der Waals surface area contributed by atoms with Crippen LogP contribution in [0.4, 0.5) is 0 Å². The first kappa shape index (κ1) is 14.1. The lowest BCUT2D eigenvalue weighted by Crippen LogP contribution is -1.90. The molecule has 2 aromatic carbocycles. The zero-order valence-electron chi connectivity index (χ0n) is 12.2. The van der Waals surface area contributed by atoms with E-state index in [1.54, 1.807) is 15.9 Å². The smallest absolute Gasteiger partial charge is 0.182 e. The highest BCUT2D eigenvalue weighted by Crippen LogP contribution is 2.43. The molecule has 0 radical (unpaired) electrons. The van der Waals surface area contributed by atoms with Crippen molar-refractivity contribution in [3.8, 4) is 21.3 Å². The second-order valence-corrected chi connectivity index (χ2v) is 7.62. The van der Waals surface area contributed by atoms with Gasteiger partial charge in [-0.25, -0.2) is 0 Å². The minimum absolute atomic E-state index is 0.741. The molecule has 0 fully saturated rings. The van der Waals surface area contributed by atoms with E-state index in [9.17, 15) is 0 Å². The first-order chi connectivity index (χ1) is 11.8. The van der Waals surface area contributed by atoms with E-state index in [0.717, 1.165) is 41.3 Å². The number of halogens is 1. The number of aromatic nitrogens is 4. The van der Waals surface area contributed by atoms with Crippen LogP contribution in [0.15, 0.2) is 54.6 Å². The molecule has 0 amide bonds. The summed E-state index contributed by atoms with van der Waals surface area (Å²) in [5.74, 6) is 0.741. The van der Waals surface area contributed by atoms with E-state index >= 15 is 0 Å². The molecule has 0 aliphatic rings. The maximum Gasteiger partial charge on any atom is 0.235 e. The quantitative estimate of drug-likeness (QED) is 0.419. The predicted molar refractivity (Wildman–Crippen MR) is 99.9 cm³/mol. The van der Waals surface area contributed by atoms with Crippen molar-refractivity contribution in [1.82, 2.24) is 19.8 Å². The Kier molecular flexibility index (Phi) is 3.16. The van der Waals surface area contributed by atoms with Gasteiger partial charge in [0.2, 0.25) is 4.96 Å². The van der Waals surface area contributed by atoms with Crippen LogP contribution in [0.1, 0.15) is 0 Å². The highest BCUT2D eigenvalue weighted by Gasteiger charge is 2.19. The Morgan fingerprint density at radius 3 is 2.50 bits per heavy atom. The molecule has 0 bridgehead atoms. The van der Waals surface area contributed by atoms with Crippen LogP contribution in [0, 0.1) is 0 Å². The van der Waals surface area contributed by atoms with Crippen molar-refractivity contribution in [2.45, 2.75) is 0 Å². The van der Waals surface area contributed by atoms with E-state index in [2.05, 4.69) is 16.3 Å². The molecule has 3 heterocycles. The molecule has 0 saturated carbocycles. The maximum absolute atomic E-state index is 6.57. The zero-order valence-corrected chi connectivity index (χ0v) is 14.6. The minimum atomic E-state index is 0.741. The third-order valence-corrected chi connectivity index (χ3v) is 6.48. The second kappa shape index (κ2) is 5.37.